The summed E-state index contributed by atoms with van der Waals surface area (Å²) in [6.45, 7) is 0.717. The van der Waals surface area contributed by atoms with Gasteiger partial charge in [0.2, 0.25) is 0 Å². The van der Waals surface area contributed by atoms with Crippen molar-refractivity contribution in [3.05, 3.63) is 54.0 Å². The third kappa shape index (κ3) is 2.23. The van der Waals surface area contributed by atoms with Crippen LogP contribution in [0.4, 0.5) is 10.8 Å². The van der Waals surface area contributed by atoms with E-state index in [1.165, 1.54) is 16.7 Å². The van der Waals surface area contributed by atoms with Crippen molar-refractivity contribution in [1.29, 1.82) is 0 Å². The lowest BCUT2D eigenvalue weighted by Crippen LogP contribution is -2.33. The molecule has 3 aromatic rings. The molecule has 1 saturated heterocycles. The fourth-order valence-electron chi connectivity index (χ4n) is 2.89. The van der Waals surface area contributed by atoms with Gasteiger partial charge >= 0.3 is 0 Å². The number of rotatable bonds is 3. The van der Waals surface area contributed by atoms with Gasteiger partial charge in [0.1, 0.15) is 6.04 Å². The van der Waals surface area contributed by atoms with E-state index in [0.717, 1.165) is 29.2 Å². The molecule has 1 fully saturated rings. The molecule has 0 radical (unpaired) electrons. The normalized spacial score (nSPS) is 18.1. The van der Waals surface area contributed by atoms with Crippen molar-refractivity contribution in [2.45, 2.75) is 12.5 Å². The number of carbonyl (C=O) groups is 1. The first kappa shape index (κ1) is 13.3. The summed E-state index contributed by atoms with van der Waals surface area (Å²) in [6, 6.07) is 14.1. The van der Waals surface area contributed by atoms with Crippen molar-refractivity contribution >= 4 is 38.8 Å². The molecule has 1 amide bonds. The van der Waals surface area contributed by atoms with Gasteiger partial charge < -0.3 is 5.32 Å². The highest BCUT2D eigenvalue weighted by Gasteiger charge is 2.33. The zero-order chi connectivity index (χ0) is 14.9. The van der Waals surface area contributed by atoms with E-state index in [4.69, 9.17) is 0 Å². The van der Waals surface area contributed by atoms with E-state index >= 15 is 0 Å². The third-order valence-corrected chi connectivity index (χ3v) is 4.77. The smallest absolute Gasteiger partial charge is 0.251 e. The van der Waals surface area contributed by atoms with Gasteiger partial charge in [-0.25, -0.2) is 4.98 Å². The Morgan fingerprint density at radius 3 is 2.91 bits per heavy atom. The van der Waals surface area contributed by atoms with Gasteiger partial charge in [0.25, 0.3) is 5.91 Å². The molecular formula is C17H15N3OS. The standard InChI is InChI=1S/C17H15N3OS/c21-16-15(8-10-20(16)17-18-9-11-22-17)19-14-7-3-5-12-4-1-2-6-13(12)14/h1-7,9,11,15,19H,8,10H2. The highest BCUT2D eigenvalue weighted by molar-refractivity contribution is 7.13. The van der Waals surface area contributed by atoms with Crippen LogP contribution >= 0.6 is 11.3 Å². The van der Waals surface area contributed by atoms with Crippen LogP contribution in [0.5, 0.6) is 0 Å². The number of carbonyl (C=O) groups excluding carboxylic acids is 1. The molecule has 0 bridgehead atoms. The Balaban J connectivity index is 1.60. The molecule has 2 aromatic carbocycles. The fourth-order valence-corrected chi connectivity index (χ4v) is 3.57. The predicted molar refractivity (Wildman–Crippen MR) is 90.4 cm³/mol. The Morgan fingerprint density at radius 2 is 2.05 bits per heavy atom. The quantitative estimate of drug-likeness (QED) is 0.805. The van der Waals surface area contributed by atoms with Crippen LogP contribution in [0, 0.1) is 0 Å². The van der Waals surface area contributed by atoms with E-state index in [2.05, 4.69) is 28.5 Å². The summed E-state index contributed by atoms with van der Waals surface area (Å²) in [5.41, 5.74) is 1.01. The van der Waals surface area contributed by atoms with E-state index in [0.29, 0.717) is 0 Å². The monoisotopic (exact) mass is 309 g/mol. The van der Waals surface area contributed by atoms with Crippen LogP contribution in [0.15, 0.2) is 54.0 Å². The summed E-state index contributed by atoms with van der Waals surface area (Å²) in [4.78, 5) is 18.6. The zero-order valence-corrected chi connectivity index (χ0v) is 12.7. The average Bonchev–Trinajstić information content (AvgIpc) is 3.18. The summed E-state index contributed by atoms with van der Waals surface area (Å²) in [5.74, 6) is 0.0999. The molecular weight excluding hydrogens is 294 g/mol. The van der Waals surface area contributed by atoms with Gasteiger partial charge in [-0.05, 0) is 17.9 Å². The van der Waals surface area contributed by atoms with Crippen LogP contribution in [0.2, 0.25) is 0 Å². The van der Waals surface area contributed by atoms with Crippen molar-refractivity contribution in [3.8, 4) is 0 Å². The highest BCUT2D eigenvalue weighted by atomic mass is 32.1. The predicted octanol–water partition coefficient (Wildman–Crippen LogP) is 3.51. The van der Waals surface area contributed by atoms with Crippen molar-refractivity contribution in [2.24, 2.45) is 0 Å². The zero-order valence-electron chi connectivity index (χ0n) is 11.9. The number of thiazole rings is 1. The first-order chi connectivity index (χ1) is 10.8. The van der Waals surface area contributed by atoms with Gasteiger partial charge in [-0.3, -0.25) is 9.69 Å². The van der Waals surface area contributed by atoms with Crippen LogP contribution in [0.25, 0.3) is 10.8 Å². The number of anilines is 2. The van der Waals surface area contributed by atoms with Crippen LogP contribution in [0.3, 0.4) is 0 Å². The second kappa shape index (κ2) is 5.42. The lowest BCUT2D eigenvalue weighted by Gasteiger charge is -2.16. The SMILES string of the molecule is O=C1C(Nc2cccc3ccccc23)CCN1c1nccs1. The Kier molecular flexibility index (Phi) is 3.27. The first-order valence-electron chi connectivity index (χ1n) is 7.28. The lowest BCUT2D eigenvalue weighted by atomic mass is 10.1. The number of hydrogen-bond acceptors (Lipinski definition) is 4. The molecule has 1 aromatic heterocycles. The van der Waals surface area contributed by atoms with Gasteiger partial charge in [0.05, 0.1) is 0 Å². The van der Waals surface area contributed by atoms with Crippen molar-refractivity contribution < 1.29 is 4.79 Å². The van der Waals surface area contributed by atoms with Gasteiger partial charge in [-0.15, -0.1) is 11.3 Å². The maximum atomic E-state index is 12.6. The molecule has 1 aliphatic rings. The molecule has 1 unspecified atom stereocenters. The number of benzene rings is 2. The van der Waals surface area contributed by atoms with Crippen molar-refractivity contribution in [3.63, 3.8) is 0 Å². The molecule has 110 valence electrons. The second-order valence-corrected chi connectivity index (χ2v) is 6.19. The van der Waals surface area contributed by atoms with Crippen LogP contribution in [-0.2, 0) is 4.79 Å². The fraction of sp³-hybridized carbons (Fsp3) is 0.176. The number of nitrogens with one attached hydrogen (secondary N) is 1. The summed E-state index contributed by atoms with van der Waals surface area (Å²) in [7, 11) is 0. The van der Waals surface area contributed by atoms with E-state index in [9.17, 15) is 4.79 Å². The minimum Gasteiger partial charge on any atom is -0.373 e. The highest BCUT2D eigenvalue weighted by Crippen LogP contribution is 2.28. The molecule has 0 spiro atoms. The van der Waals surface area contributed by atoms with Crippen molar-refractivity contribution in [1.82, 2.24) is 4.98 Å². The Hall–Kier alpha value is -2.40. The van der Waals surface area contributed by atoms with Gasteiger partial charge in [-0.2, -0.15) is 0 Å². The number of amides is 1. The summed E-state index contributed by atoms with van der Waals surface area (Å²) in [5, 5.41) is 8.41. The summed E-state index contributed by atoms with van der Waals surface area (Å²) >= 11 is 1.50. The van der Waals surface area contributed by atoms with Crippen LogP contribution < -0.4 is 10.2 Å². The van der Waals surface area contributed by atoms with Gasteiger partial charge in [0.15, 0.2) is 5.13 Å². The molecule has 22 heavy (non-hydrogen) atoms. The topological polar surface area (TPSA) is 45.2 Å². The minimum atomic E-state index is -0.185. The second-order valence-electron chi connectivity index (χ2n) is 5.32. The van der Waals surface area contributed by atoms with E-state index in [1.807, 2.05) is 29.6 Å². The number of aromatic nitrogens is 1. The third-order valence-electron chi connectivity index (χ3n) is 3.98. The molecule has 4 rings (SSSR count). The Labute approximate surface area is 132 Å². The number of fused-ring (bicyclic) bond motifs is 1. The summed E-state index contributed by atoms with van der Waals surface area (Å²) in [6.07, 6.45) is 2.53. The average molecular weight is 309 g/mol. The molecule has 0 aliphatic carbocycles. The molecule has 5 heteroatoms. The van der Waals surface area contributed by atoms with Crippen molar-refractivity contribution in [2.75, 3.05) is 16.8 Å². The minimum absolute atomic E-state index is 0.0999. The van der Waals surface area contributed by atoms with E-state index < -0.39 is 0 Å². The maximum absolute atomic E-state index is 12.6. The van der Waals surface area contributed by atoms with Crippen LogP contribution in [-0.4, -0.2) is 23.5 Å². The Bertz CT molecular complexity index is 810. The molecule has 1 atom stereocenters. The number of hydrogen-bond donors (Lipinski definition) is 1. The molecule has 4 nitrogen and oxygen atoms in total. The molecule has 1 aliphatic heterocycles. The van der Waals surface area contributed by atoms with Gasteiger partial charge in [-0.1, -0.05) is 36.4 Å². The largest absolute Gasteiger partial charge is 0.373 e. The number of nitrogens with zero attached hydrogens (tertiary/aromatic N) is 2. The lowest BCUT2D eigenvalue weighted by molar-refractivity contribution is -0.117. The summed E-state index contributed by atoms with van der Waals surface area (Å²) < 4.78 is 0. The molecule has 2 heterocycles. The van der Waals surface area contributed by atoms with E-state index in [-0.39, 0.29) is 11.9 Å². The van der Waals surface area contributed by atoms with E-state index in [1.54, 1.807) is 11.1 Å². The Morgan fingerprint density at radius 1 is 1.18 bits per heavy atom. The van der Waals surface area contributed by atoms with Crippen LogP contribution in [0.1, 0.15) is 6.42 Å². The molecule has 1 N–H and O–H groups in total. The molecule has 0 saturated carbocycles. The van der Waals surface area contributed by atoms with Gasteiger partial charge in [0, 0.05) is 29.2 Å². The first-order valence-corrected chi connectivity index (χ1v) is 8.16. The maximum Gasteiger partial charge on any atom is 0.251 e.